The predicted octanol–water partition coefficient (Wildman–Crippen LogP) is 2.42. The van der Waals surface area contributed by atoms with E-state index >= 15 is 0 Å². The molecule has 1 aliphatic rings. The van der Waals surface area contributed by atoms with Crippen LogP contribution >= 0.6 is 12.4 Å². The van der Waals surface area contributed by atoms with Crippen LogP contribution < -0.4 is 5.73 Å². The van der Waals surface area contributed by atoms with Crippen LogP contribution in [0.3, 0.4) is 0 Å². The first-order valence-electron chi connectivity index (χ1n) is 6.96. The fourth-order valence-corrected chi connectivity index (χ4v) is 1.92. The maximum Gasteiger partial charge on any atom is 0.275 e. The maximum atomic E-state index is 12.1. The predicted molar refractivity (Wildman–Crippen MR) is 80.1 cm³/mol. The average molecular weight is 302 g/mol. The SMILES string of the molecule is CC(C)C(N)CCN(C)C(=O)c1cc(C2CC2)on1.Cl. The van der Waals surface area contributed by atoms with Crippen molar-refractivity contribution in [3.05, 3.63) is 17.5 Å². The summed E-state index contributed by atoms with van der Waals surface area (Å²) in [5, 5.41) is 3.86. The van der Waals surface area contributed by atoms with Crippen LogP contribution in [0.1, 0.15) is 55.3 Å². The van der Waals surface area contributed by atoms with Crippen molar-refractivity contribution in [3.8, 4) is 0 Å². The number of hydrogen-bond donors (Lipinski definition) is 1. The number of rotatable bonds is 6. The van der Waals surface area contributed by atoms with Gasteiger partial charge in [-0.3, -0.25) is 4.79 Å². The van der Waals surface area contributed by atoms with E-state index in [0.717, 1.165) is 25.0 Å². The number of hydrogen-bond acceptors (Lipinski definition) is 4. The van der Waals surface area contributed by atoms with Gasteiger partial charge in [0, 0.05) is 31.6 Å². The van der Waals surface area contributed by atoms with E-state index in [2.05, 4.69) is 19.0 Å². The van der Waals surface area contributed by atoms with Gasteiger partial charge in [-0.25, -0.2) is 0 Å². The summed E-state index contributed by atoms with van der Waals surface area (Å²) in [7, 11) is 1.78. The van der Waals surface area contributed by atoms with E-state index in [1.54, 1.807) is 18.0 Å². The lowest BCUT2D eigenvalue weighted by Crippen LogP contribution is -2.34. The molecule has 1 heterocycles. The summed E-state index contributed by atoms with van der Waals surface area (Å²) >= 11 is 0. The molecular weight excluding hydrogens is 278 g/mol. The number of carbonyl (C=O) groups excluding carboxylic acids is 1. The maximum absolute atomic E-state index is 12.1. The summed E-state index contributed by atoms with van der Waals surface area (Å²) in [4.78, 5) is 13.8. The molecule has 1 aliphatic carbocycles. The molecule has 2 rings (SSSR count). The van der Waals surface area contributed by atoms with Crippen LogP contribution in [-0.2, 0) is 0 Å². The molecule has 0 bridgehead atoms. The minimum absolute atomic E-state index is 0. The Hall–Kier alpha value is -1.07. The summed E-state index contributed by atoms with van der Waals surface area (Å²) < 4.78 is 5.20. The highest BCUT2D eigenvalue weighted by Crippen LogP contribution is 2.40. The third-order valence-corrected chi connectivity index (χ3v) is 3.73. The molecule has 2 N–H and O–H groups in total. The molecule has 0 saturated heterocycles. The first kappa shape index (κ1) is 17.0. The molecule has 1 amide bonds. The fraction of sp³-hybridized carbons (Fsp3) is 0.714. The zero-order valence-electron chi connectivity index (χ0n) is 12.3. The van der Waals surface area contributed by atoms with Crippen molar-refractivity contribution in [1.29, 1.82) is 0 Å². The second kappa shape index (κ2) is 7.09. The van der Waals surface area contributed by atoms with Crippen LogP contribution in [0, 0.1) is 5.92 Å². The lowest BCUT2D eigenvalue weighted by molar-refractivity contribution is 0.0779. The van der Waals surface area contributed by atoms with Crippen LogP contribution in [0.4, 0.5) is 0 Å². The standard InChI is InChI=1S/C14H23N3O2.ClH/c1-9(2)11(15)6-7-17(3)14(18)12-8-13(19-16-12)10-4-5-10;/h8-11H,4-7,15H2,1-3H3;1H. The van der Waals surface area contributed by atoms with Crippen molar-refractivity contribution in [2.45, 2.75) is 45.1 Å². The average Bonchev–Trinajstić information content (AvgIpc) is 3.12. The highest BCUT2D eigenvalue weighted by atomic mass is 35.5. The van der Waals surface area contributed by atoms with Gasteiger partial charge in [-0.15, -0.1) is 12.4 Å². The molecule has 1 aromatic heterocycles. The Kier molecular flexibility index (Phi) is 6.02. The monoisotopic (exact) mass is 301 g/mol. The summed E-state index contributed by atoms with van der Waals surface area (Å²) in [5.41, 5.74) is 6.39. The highest BCUT2D eigenvalue weighted by molar-refractivity contribution is 5.92. The van der Waals surface area contributed by atoms with Gasteiger partial charge in [-0.05, 0) is 25.2 Å². The number of aromatic nitrogens is 1. The number of amides is 1. The molecule has 20 heavy (non-hydrogen) atoms. The van der Waals surface area contributed by atoms with Crippen molar-refractivity contribution >= 4 is 18.3 Å². The van der Waals surface area contributed by atoms with Crippen LogP contribution in [0.2, 0.25) is 0 Å². The zero-order valence-corrected chi connectivity index (χ0v) is 13.2. The number of carbonyl (C=O) groups is 1. The third-order valence-electron chi connectivity index (χ3n) is 3.73. The van der Waals surface area contributed by atoms with Gasteiger partial charge in [-0.2, -0.15) is 0 Å². The number of nitrogens with zero attached hydrogens (tertiary/aromatic N) is 2. The van der Waals surface area contributed by atoms with Gasteiger partial charge in [0.25, 0.3) is 5.91 Å². The molecule has 0 aliphatic heterocycles. The van der Waals surface area contributed by atoms with Gasteiger partial charge >= 0.3 is 0 Å². The summed E-state index contributed by atoms with van der Waals surface area (Å²) in [6, 6.07) is 1.90. The van der Waals surface area contributed by atoms with E-state index in [4.69, 9.17) is 10.3 Å². The van der Waals surface area contributed by atoms with E-state index < -0.39 is 0 Å². The van der Waals surface area contributed by atoms with Gasteiger partial charge in [0.05, 0.1) is 0 Å². The molecule has 1 unspecified atom stereocenters. The highest BCUT2D eigenvalue weighted by Gasteiger charge is 2.29. The van der Waals surface area contributed by atoms with Gasteiger partial charge in [0.15, 0.2) is 5.69 Å². The molecule has 5 nitrogen and oxygen atoms in total. The lowest BCUT2D eigenvalue weighted by Gasteiger charge is -2.20. The molecule has 0 radical (unpaired) electrons. The Morgan fingerprint density at radius 1 is 1.55 bits per heavy atom. The second-order valence-electron chi connectivity index (χ2n) is 5.81. The normalized spacial score (nSPS) is 15.8. The number of halogens is 1. The van der Waals surface area contributed by atoms with Crippen molar-refractivity contribution in [3.63, 3.8) is 0 Å². The van der Waals surface area contributed by atoms with E-state index in [9.17, 15) is 4.79 Å². The third kappa shape index (κ3) is 4.21. The Bertz CT molecular complexity index is 443. The quantitative estimate of drug-likeness (QED) is 0.876. The molecule has 1 saturated carbocycles. The van der Waals surface area contributed by atoms with E-state index in [-0.39, 0.29) is 24.4 Å². The molecule has 1 atom stereocenters. The van der Waals surface area contributed by atoms with Crippen LogP contribution in [0.15, 0.2) is 10.6 Å². The first-order valence-corrected chi connectivity index (χ1v) is 6.96. The van der Waals surface area contributed by atoms with Crippen molar-refractivity contribution in [1.82, 2.24) is 10.1 Å². The van der Waals surface area contributed by atoms with Crippen LogP contribution in [0.25, 0.3) is 0 Å². The van der Waals surface area contributed by atoms with Crippen molar-refractivity contribution in [2.24, 2.45) is 11.7 Å². The fourth-order valence-electron chi connectivity index (χ4n) is 1.92. The van der Waals surface area contributed by atoms with E-state index in [1.165, 1.54) is 0 Å². The van der Waals surface area contributed by atoms with E-state index in [0.29, 0.717) is 24.1 Å². The Morgan fingerprint density at radius 3 is 2.75 bits per heavy atom. The minimum atomic E-state index is -0.0911. The Morgan fingerprint density at radius 2 is 2.20 bits per heavy atom. The van der Waals surface area contributed by atoms with E-state index in [1.807, 2.05) is 0 Å². The molecular formula is C14H24ClN3O2. The largest absolute Gasteiger partial charge is 0.360 e. The molecule has 6 heteroatoms. The topological polar surface area (TPSA) is 72.4 Å². The second-order valence-corrected chi connectivity index (χ2v) is 5.81. The summed E-state index contributed by atoms with van der Waals surface area (Å²) in [6.45, 7) is 4.82. The first-order chi connectivity index (χ1) is 8.99. The molecule has 1 fully saturated rings. The summed E-state index contributed by atoms with van der Waals surface area (Å²) in [5.74, 6) is 1.66. The van der Waals surface area contributed by atoms with Gasteiger partial charge < -0.3 is 15.2 Å². The van der Waals surface area contributed by atoms with Crippen molar-refractivity contribution < 1.29 is 9.32 Å². The minimum Gasteiger partial charge on any atom is -0.360 e. The molecule has 0 spiro atoms. The Labute approximate surface area is 126 Å². The Balaban J connectivity index is 0.00000200. The van der Waals surface area contributed by atoms with Crippen LogP contribution in [-0.4, -0.2) is 35.6 Å². The zero-order chi connectivity index (χ0) is 14.0. The lowest BCUT2D eigenvalue weighted by atomic mass is 10.0. The smallest absolute Gasteiger partial charge is 0.275 e. The summed E-state index contributed by atoms with van der Waals surface area (Å²) in [6.07, 6.45) is 3.08. The van der Waals surface area contributed by atoms with Gasteiger partial charge in [-0.1, -0.05) is 19.0 Å². The molecule has 114 valence electrons. The molecule has 0 aromatic carbocycles. The van der Waals surface area contributed by atoms with Gasteiger partial charge in [0.1, 0.15) is 5.76 Å². The number of nitrogens with two attached hydrogens (primary N) is 1. The van der Waals surface area contributed by atoms with Crippen LogP contribution in [0.5, 0.6) is 0 Å². The molecule has 1 aromatic rings. The van der Waals surface area contributed by atoms with Gasteiger partial charge in [0.2, 0.25) is 0 Å². The van der Waals surface area contributed by atoms with Crippen molar-refractivity contribution in [2.75, 3.05) is 13.6 Å².